The summed E-state index contributed by atoms with van der Waals surface area (Å²) in [6, 6.07) is 0. The maximum Gasteiger partial charge on any atom is 0.305 e. The van der Waals surface area contributed by atoms with E-state index in [1.807, 2.05) is 0 Å². The molecule has 0 N–H and O–H groups in total. The minimum Gasteiger partial charge on any atom is -0.463 e. The van der Waals surface area contributed by atoms with Crippen LogP contribution < -0.4 is 0 Å². The van der Waals surface area contributed by atoms with Gasteiger partial charge in [0.2, 0.25) is 0 Å². The Labute approximate surface area is 190 Å². The van der Waals surface area contributed by atoms with Gasteiger partial charge in [-0.15, -0.1) is 0 Å². The predicted octanol–water partition coefficient (Wildman–Crippen LogP) is 4.55. The van der Waals surface area contributed by atoms with E-state index >= 15 is 0 Å². The highest BCUT2D eigenvalue weighted by Gasteiger charge is 2.01. The highest BCUT2D eigenvalue weighted by Crippen LogP contribution is 2.04. The first kappa shape index (κ1) is 30.3. The largest absolute Gasteiger partial charge is 0.463 e. The van der Waals surface area contributed by atoms with Crippen molar-refractivity contribution in [2.45, 2.75) is 78.1 Å². The summed E-state index contributed by atoms with van der Waals surface area (Å²) in [5.41, 5.74) is 0. The van der Waals surface area contributed by atoms with E-state index in [0.29, 0.717) is 72.5 Å². The van der Waals surface area contributed by atoms with Crippen molar-refractivity contribution in [3.05, 3.63) is 0 Å². The van der Waals surface area contributed by atoms with Crippen molar-refractivity contribution in [1.82, 2.24) is 0 Å². The minimum absolute atomic E-state index is 0.143. The van der Waals surface area contributed by atoms with Crippen LogP contribution >= 0.6 is 0 Å². The fourth-order valence-electron chi connectivity index (χ4n) is 2.77. The Kier molecular flexibility index (Phi) is 26.7. The van der Waals surface area contributed by atoms with Gasteiger partial charge in [0.1, 0.15) is 6.61 Å². The van der Waals surface area contributed by atoms with Crippen LogP contribution in [-0.4, -0.2) is 78.6 Å². The molecule has 31 heavy (non-hydrogen) atoms. The summed E-state index contributed by atoms with van der Waals surface area (Å²) in [5.74, 6) is -0.143. The molecule has 0 aliphatic rings. The van der Waals surface area contributed by atoms with E-state index < -0.39 is 0 Å². The van der Waals surface area contributed by atoms with Crippen LogP contribution in [0.5, 0.6) is 0 Å². The zero-order chi connectivity index (χ0) is 22.7. The van der Waals surface area contributed by atoms with Crippen molar-refractivity contribution in [2.24, 2.45) is 0 Å². The smallest absolute Gasteiger partial charge is 0.305 e. The third-order valence-electron chi connectivity index (χ3n) is 4.61. The molecule has 186 valence electrons. The van der Waals surface area contributed by atoms with Gasteiger partial charge in [0.25, 0.3) is 0 Å². The second-order valence-electron chi connectivity index (χ2n) is 7.51. The summed E-state index contributed by atoms with van der Waals surface area (Å²) in [6.45, 7) is 10.3. The quantitative estimate of drug-likeness (QED) is 0.142. The molecule has 0 atom stereocenters. The molecule has 0 radical (unpaired) electrons. The van der Waals surface area contributed by atoms with Gasteiger partial charge in [-0.2, -0.15) is 0 Å². The van der Waals surface area contributed by atoms with Gasteiger partial charge in [-0.25, -0.2) is 0 Å². The van der Waals surface area contributed by atoms with Crippen LogP contribution in [-0.2, 0) is 33.2 Å². The first-order valence-corrected chi connectivity index (χ1v) is 12.4. The second-order valence-corrected chi connectivity index (χ2v) is 7.51. The fourth-order valence-corrected chi connectivity index (χ4v) is 2.77. The van der Waals surface area contributed by atoms with Gasteiger partial charge < -0.3 is 28.4 Å². The molecule has 0 fully saturated rings. The summed E-state index contributed by atoms with van der Waals surface area (Å²) < 4.78 is 32.3. The number of ether oxygens (including phenoxy) is 6. The number of carbonyl (C=O) groups excluding carboxylic acids is 1. The Morgan fingerprint density at radius 2 is 0.839 bits per heavy atom. The van der Waals surface area contributed by atoms with Gasteiger partial charge in [0.05, 0.1) is 59.5 Å². The zero-order valence-electron chi connectivity index (χ0n) is 20.2. The van der Waals surface area contributed by atoms with E-state index in [9.17, 15) is 4.79 Å². The molecule has 0 aliphatic carbocycles. The zero-order valence-corrected chi connectivity index (χ0v) is 20.2. The lowest BCUT2D eigenvalue weighted by atomic mass is 10.1. The second kappa shape index (κ2) is 27.3. The van der Waals surface area contributed by atoms with Crippen molar-refractivity contribution < 1.29 is 33.2 Å². The molecule has 0 saturated heterocycles. The number of hydrogen-bond acceptors (Lipinski definition) is 7. The summed E-state index contributed by atoms with van der Waals surface area (Å²) in [7, 11) is 0. The lowest BCUT2D eigenvalue weighted by Gasteiger charge is -2.08. The molecular formula is C24H48O7. The molecule has 0 aromatic carbocycles. The van der Waals surface area contributed by atoms with Gasteiger partial charge in [-0.05, 0) is 12.8 Å². The van der Waals surface area contributed by atoms with Crippen LogP contribution in [0.15, 0.2) is 0 Å². The van der Waals surface area contributed by atoms with E-state index in [4.69, 9.17) is 28.4 Å². The Balaban J connectivity index is 3.06. The molecular weight excluding hydrogens is 400 g/mol. The first-order valence-electron chi connectivity index (χ1n) is 12.4. The maximum atomic E-state index is 11.4. The van der Waals surface area contributed by atoms with Crippen LogP contribution in [0.1, 0.15) is 78.1 Å². The Bertz CT molecular complexity index is 353. The molecule has 0 aliphatic heterocycles. The minimum atomic E-state index is -0.143. The highest BCUT2D eigenvalue weighted by atomic mass is 16.6. The van der Waals surface area contributed by atoms with Gasteiger partial charge in [-0.3, -0.25) is 4.79 Å². The summed E-state index contributed by atoms with van der Waals surface area (Å²) >= 11 is 0. The lowest BCUT2D eigenvalue weighted by Crippen LogP contribution is -2.15. The van der Waals surface area contributed by atoms with Crippen molar-refractivity contribution >= 4 is 5.97 Å². The number of carbonyl (C=O) groups is 1. The Morgan fingerprint density at radius 1 is 0.452 bits per heavy atom. The molecule has 7 heteroatoms. The van der Waals surface area contributed by atoms with E-state index in [1.54, 1.807) is 0 Å². The summed E-state index contributed by atoms with van der Waals surface area (Å²) in [4.78, 5) is 11.4. The average molecular weight is 449 g/mol. The van der Waals surface area contributed by atoms with Crippen LogP contribution in [0, 0.1) is 0 Å². The lowest BCUT2D eigenvalue weighted by molar-refractivity contribution is -0.145. The number of hydrogen-bond donors (Lipinski definition) is 0. The molecule has 0 heterocycles. The monoisotopic (exact) mass is 448 g/mol. The van der Waals surface area contributed by atoms with E-state index in [0.717, 1.165) is 32.3 Å². The van der Waals surface area contributed by atoms with E-state index in [2.05, 4.69) is 13.8 Å². The van der Waals surface area contributed by atoms with Crippen molar-refractivity contribution in [3.63, 3.8) is 0 Å². The molecule has 0 amide bonds. The van der Waals surface area contributed by atoms with Crippen molar-refractivity contribution in [3.8, 4) is 0 Å². The van der Waals surface area contributed by atoms with Gasteiger partial charge in [0, 0.05) is 13.0 Å². The normalized spacial score (nSPS) is 11.2. The van der Waals surface area contributed by atoms with Gasteiger partial charge >= 0.3 is 5.97 Å². The van der Waals surface area contributed by atoms with Crippen molar-refractivity contribution in [1.29, 1.82) is 0 Å². The molecule has 0 unspecified atom stereocenters. The molecule has 7 nitrogen and oxygen atoms in total. The highest BCUT2D eigenvalue weighted by molar-refractivity contribution is 5.69. The number of rotatable bonds is 26. The SMILES string of the molecule is CCCCCCCCOCCOCCOCCOCCOCCOC(=O)CCCCC. The van der Waals surface area contributed by atoms with Crippen LogP contribution in [0.2, 0.25) is 0 Å². The third kappa shape index (κ3) is 27.2. The van der Waals surface area contributed by atoms with Gasteiger partial charge in [-0.1, -0.05) is 58.8 Å². The summed E-state index contributed by atoms with van der Waals surface area (Å²) in [5, 5.41) is 0. The van der Waals surface area contributed by atoms with E-state index in [1.165, 1.54) is 32.1 Å². The molecule has 0 bridgehead atoms. The Morgan fingerprint density at radius 3 is 1.35 bits per heavy atom. The Hall–Kier alpha value is -0.730. The topological polar surface area (TPSA) is 72.5 Å². The first-order chi connectivity index (χ1) is 15.3. The number of unbranched alkanes of at least 4 members (excludes halogenated alkanes) is 7. The van der Waals surface area contributed by atoms with Crippen LogP contribution in [0.4, 0.5) is 0 Å². The average Bonchev–Trinajstić information content (AvgIpc) is 2.77. The molecule has 0 spiro atoms. The predicted molar refractivity (Wildman–Crippen MR) is 123 cm³/mol. The van der Waals surface area contributed by atoms with Crippen LogP contribution in [0.25, 0.3) is 0 Å². The fraction of sp³-hybridized carbons (Fsp3) is 0.958. The van der Waals surface area contributed by atoms with Crippen molar-refractivity contribution in [2.75, 3.05) is 72.7 Å². The maximum absolute atomic E-state index is 11.4. The molecule has 0 aromatic heterocycles. The standard InChI is InChI=1S/C24H48O7/c1-3-5-7-8-9-11-13-26-14-15-27-16-17-28-18-19-29-20-21-30-22-23-31-24(25)12-10-6-4-2/h3-23H2,1-2H3. The van der Waals surface area contributed by atoms with Gasteiger partial charge in [0.15, 0.2) is 0 Å². The number of esters is 1. The molecule has 0 rings (SSSR count). The van der Waals surface area contributed by atoms with E-state index in [-0.39, 0.29) is 5.97 Å². The molecule has 0 aromatic rings. The third-order valence-corrected chi connectivity index (χ3v) is 4.61. The molecule has 0 saturated carbocycles. The van der Waals surface area contributed by atoms with Crippen LogP contribution in [0.3, 0.4) is 0 Å². The summed E-state index contributed by atoms with van der Waals surface area (Å²) in [6.07, 6.45) is 11.3.